The lowest BCUT2D eigenvalue weighted by Crippen LogP contribution is -2.27. The molecule has 0 saturated heterocycles. The fourth-order valence-electron chi connectivity index (χ4n) is 2.53. The van der Waals surface area contributed by atoms with Crippen molar-refractivity contribution in [2.45, 2.75) is 31.7 Å². The summed E-state index contributed by atoms with van der Waals surface area (Å²) in [5, 5.41) is 7.12. The molecule has 0 aliphatic heterocycles. The lowest BCUT2D eigenvalue weighted by molar-refractivity contribution is 0.0947. The van der Waals surface area contributed by atoms with E-state index in [4.69, 9.17) is 4.74 Å². The molecule has 3 rings (SSSR count). The van der Waals surface area contributed by atoms with Gasteiger partial charge in [0.05, 0.1) is 7.11 Å². The number of carbonyl (C=O) groups excluding carboxylic acids is 1. The number of pyridine rings is 1. The van der Waals surface area contributed by atoms with E-state index in [1.807, 2.05) is 10.9 Å². The second kappa shape index (κ2) is 6.68. The number of nitrogens with one attached hydrogen (secondary N) is 2. The minimum atomic E-state index is -0.318. The summed E-state index contributed by atoms with van der Waals surface area (Å²) in [4.78, 5) is 26.4. The Labute approximate surface area is 133 Å². The topological polar surface area (TPSA) is 89.0 Å². The Morgan fingerprint density at radius 2 is 2.35 bits per heavy atom. The monoisotopic (exact) mass is 316 g/mol. The van der Waals surface area contributed by atoms with Gasteiger partial charge in [-0.25, -0.2) is 0 Å². The van der Waals surface area contributed by atoms with Crippen molar-refractivity contribution < 1.29 is 9.53 Å². The summed E-state index contributed by atoms with van der Waals surface area (Å²) in [6.45, 7) is 1.30. The first-order valence-corrected chi connectivity index (χ1v) is 7.75. The molecule has 2 heterocycles. The van der Waals surface area contributed by atoms with Gasteiger partial charge in [-0.15, -0.1) is 0 Å². The zero-order valence-corrected chi connectivity index (χ0v) is 13.0. The second-order valence-electron chi connectivity index (χ2n) is 5.64. The first-order chi connectivity index (χ1) is 11.2. The fourth-order valence-corrected chi connectivity index (χ4v) is 2.53. The van der Waals surface area contributed by atoms with Gasteiger partial charge in [0.2, 0.25) is 5.43 Å². The minimum Gasteiger partial charge on any atom is -0.491 e. The Hall–Kier alpha value is -2.57. The summed E-state index contributed by atoms with van der Waals surface area (Å²) >= 11 is 0. The Bertz CT molecular complexity index is 746. The van der Waals surface area contributed by atoms with Crippen LogP contribution >= 0.6 is 0 Å². The fraction of sp³-hybridized carbons (Fsp3) is 0.438. The first-order valence-electron chi connectivity index (χ1n) is 7.75. The van der Waals surface area contributed by atoms with Crippen LogP contribution in [0.5, 0.6) is 5.75 Å². The van der Waals surface area contributed by atoms with E-state index in [2.05, 4.69) is 21.5 Å². The molecule has 0 unspecified atom stereocenters. The SMILES string of the molecule is COc1c[nH]c(C(=O)NCCCn2nccc2C2CC2)cc1=O. The molecule has 2 aromatic heterocycles. The van der Waals surface area contributed by atoms with Crippen molar-refractivity contribution >= 4 is 5.91 Å². The number of ether oxygens (including phenoxy) is 1. The molecule has 2 aromatic rings. The van der Waals surface area contributed by atoms with E-state index in [1.54, 1.807) is 0 Å². The van der Waals surface area contributed by atoms with E-state index in [9.17, 15) is 9.59 Å². The van der Waals surface area contributed by atoms with Crippen molar-refractivity contribution in [1.82, 2.24) is 20.1 Å². The van der Waals surface area contributed by atoms with E-state index in [-0.39, 0.29) is 22.8 Å². The third-order valence-electron chi connectivity index (χ3n) is 3.92. The van der Waals surface area contributed by atoms with Crippen LogP contribution in [0.25, 0.3) is 0 Å². The van der Waals surface area contributed by atoms with Crippen LogP contribution in [0, 0.1) is 0 Å². The van der Waals surface area contributed by atoms with Crippen LogP contribution in [-0.2, 0) is 6.54 Å². The Kier molecular flexibility index (Phi) is 4.45. The van der Waals surface area contributed by atoms with Gasteiger partial charge >= 0.3 is 0 Å². The van der Waals surface area contributed by atoms with Crippen molar-refractivity contribution in [2.24, 2.45) is 0 Å². The van der Waals surface area contributed by atoms with Gasteiger partial charge in [0, 0.05) is 43.2 Å². The number of amides is 1. The molecular weight excluding hydrogens is 296 g/mol. The Balaban J connectivity index is 1.48. The number of carbonyl (C=O) groups is 1. The van der Waals surface area contributed by atoms with E-state index in [0.717, 1.165) is 13.0 Å². The number of hydrogen-bond donors (Lipinski definition) is 2. The molecule has 0 radical (unpaired) electrons. The normalized spacial score (nSPS) is 13.8. The summed E-state index contributed by atoms with van der Waals surface area (Å²) in [6, 6.07) is 3.31. The number of H-pyrrole nitrogens is 1. The highest BCUT2D eigenvalue weighted by atomic mass is 16.5. The minimum absolute atomic E-state index is 0.188. The highest BCUT2D eigenvalue weighted by Gasteiger charge is 2.26. The van der Waals surface area contributed by atoms with Crippen LogP contribution < -0.4 is 15.5 Å². The predicted molar refractivity (Wildman–Crippen MR) is 84.8 cm³/mol. The standard InChI is InChI=1S/C16H20N4O3/c1-23-15-10-18-12(9-14(15)21)16(22)17-6-2-8-20-13(5-7-19-20)11-3-4-11/h5,7,9-11H,2-4,6,8H2,1H3,(H,17,22)(H,18,21). The Morgan fingerprint density at radius 1 is 1.52 bits per heavy atom. The molecule has 1 saturated carbocycles. The van der Waals surface area contributed by atoms with Gasteiger partial charge in [0.15, 0.2) is 5.75 Å². The number of aryl methyl sites for hydroxylation is 1. The molecule has 7 heteroatoms. The summed E-state index contributed by atoms with van der Waals surface area (Å²) < 4.78 is 6.88. The van der Waals surface area contributed by atoms with Gasteiger partial charge in [0.25, 0.3) is 5.91 Å². The summed E-state index contributed by atoms with van der Waals surface area (Å²) in [5.74, 6) is 0.553. The highest BCUT2D eigenvalue weighted by molar-refractivity contribution is 5.92. The lowest BCUT2D eigenvalue weighted by atomic mass is 10.3. The van der Waals surface area contributed by atoms with Crippen molar-refractivity contribution in [3.63, 3.8) is 0 Å². The molecule has 23 heavy (non-hydrogen) atoms. The van der Waals surface area contributed by atoms with Crippen molar-refractivity contribution in [1.29, 1.82) is 0 Å². The van der Waals surface area contributed by atoms with Crippen molar-refractivity contribution in [3.05, 3.63) is 46.1 Å². The van der Waals surface area contributed by atoms with Gasteiger partial charge < -0.3 is 15.0 Å². The molecular formula is C16H20N4O3. The van der Waals surface area contributed by atoms with Crippen LogP contribution in [0.2, 0.25) is 0 Å². The van der Waals surface area contributed by atoms with Gasteiger partial charge in [-0.3, -0.25) is 14.3 Å². The van der Waals surface area contributed by atoms with Gasteiger partial charge in [-0.2, -0.15) is 5.10 Å². The predicted octanol–water partition coefficient (Wildman–Crippen LogP) is 1.28. The van der Waals surface area contributed by atoms with Crippen LogP contribution in [0.1, 0.15) is 41.4 Å². The molecule has 0 bridgehead atoms. The van der Waals surface area contributed by atoms with Crippen LogP contribution in [0.4, 0.5) is 0 Å². The maximum atomic E-state index is 12.0. The Morgan fingerprint density at radius 3 is 3.04 bits per heavy atom. The third kappa shape index (κ3) is 3.61. The van der Waals surface area contributed by atoms with Crippen LogP contribution in [0.15, 0.2) is 29.3 Å². The average molecular weight is 316 g/mol. The number of methoxy groups -OCH3 is 1. The molecule has 7 nitrogen and oxygen atoms in total. The zero-order chi connectivity index (χ0) is 16.2. The zero-order valence-electron chi connectivity index (χ0n) is 13.0. The quantitative estimate of drug-likeness (QED) is 0.753. The van der Waals surface area contributed by atoms with Gasteiger partial charge in [-0.05, 0) is 25.3 Å². The van der Waals surface area contributed by atoms with E-state index in [0.29, 0.717) is 12.5 Å². The summed E-state index contributed by atoms with van der Waals surface area (Å²) in [6.07, 6.45) is 6.49. The number of aromatic amines is 1. The van der Waals surface area contributed by atoms with E-state index in [1.165, 1.54) is 37.9 Å². The summed E-state index contributed by atoms with van der Waals surface area (Å²) in [7, 11) is 1.41. The van der Waals surface area contributed by atoms with E-state index >= 15 is 0 Å². The van der Waals surface area contributed by atoms with E-state index < -0.39 is 0 Å². The number of hydrogen-bond acceptors (Lipinski definition) is 4. The lowest BCUT2D eigenvalue weighted by Gasteiger charge is -2.08. The molecule has 122 valence electrons. The molecule has 2 N–H and O–H groups in total. The molecule has 1 aliphatic carbocycles. The van der Waals surface area contributed by atoms with Gasteiger partial charge in [-0.1, -0.05) is 0 Å². The molecule has 1 fully saturated rings. The number of aromatic nitrogens is 3. The number of rotatable bonds is 7. The van der Waals surface area contributed by atoms with Crippen molar-refractivity contribution in [3.8, 4) is 5.75 Å². The highest BCUT2D eigenvalue weighted by Crippen LogP contribution is 2.39. The second-order valence-corrected chi connectivity index (χ2v) is 5.64. The molecule has 0 spiro atoms. The first kappa shape index (κ1) is 15.3. The molecule has 1 aliphatic rings. The number of nitrogens with zero attached hydrogens (tertiary/aromatic N) is 2. The van der Waals surface area contributed by atoms with Crippen molar-refractivity contribution in [2.75, 3.05) is 13.7 Å². The van der Waals surface area contributed by atoms with Crippen LogP contribution in [0.3, 0.4) is 0 Å². The van der Waals surface area contributed by atoms with Crippen LogP contribution in [-0.4, -0.2) is 34.3 Å². The van der Waals surface area contributed by atoms with Gasteiger partial charge in [0.1, 0.15) is 5.69 Å². The third-order valence-corrected chi connectivity index (χ3v) is 3.92. The molecule has 1 amide bonds. The summed E-state index contributed by atoms with van der Waals surface area (Å²) in [5.41, 5.74) is 1.20. The molecule has 0 aromatic carbocycles. The smallest absolute Gasteiger partial charge is 0.267 e. The average Bonchev–Trinajstić information content (AvgIpc) is 3.30. The maximum Gasteiger partial charge on any atom is 0.267 e. The largest absolute Gasteiger partial charge is 0.491 e. The molecule has 0 atom stereocenters. The maximum absolute atomic E-state index is 12.0.